The Morgan fingerprint density at radius 2 is 0.811 bits per heavy atom. The average Bonchev–Trinajstić information content (AvgIpc) is 3.44. The van der Waals surface area contributed by atoms with Gasteiger partial charge in [-0.15, -0.1) is 0 Å². The van der Waals surface area contributed by atoms with Crippen LogP contribution in [0.3, 0.4) is 0 Å². The summed E-state index contributed by atoms with van der Waals surface area (Å²) in [4.78, 5) is 0. The van der Waals surface area contributed by atoms with Crippen molar-refractivity contribution in [2.24, 2.45) is 0 Å². The fraction of sp³-hybridized carbons (Fsp3) is 0.0943. The minimum Gasteiger partial charge on any atom is -0.0620 e. The molecule has 0 fully saturated rings. The van der Waals surface area contributed by atoms with E-state index in [2.05, 4.69) is 198 Å². The normalized spacial score (nSPS) is 13.1. The predicted octanol–water partition coefficient (Wildman–Crippen LogP) is 14.7. The molecule has 53 heavy (non-hydrogen) atoms. The summed E-state index contributed by atoms with van der Waals surface area (Å²) < 4.78 is 0. The number of fused-ring (bicyclic) bond motifs is 7. The van der Waals surface area contributed by atoms with Crippen LogP contribution in [0.25, 0.3) is 88.0 Å². The van der Waals surface area contributed by atoms with Crippen molar-refractivity contribution < 1.29 is 0 Å². The molecule has 0 radical (unpaired) electrons. The van der Waals surface area contributed by atoms with E-state index in [1.807, 2.05) is 0 Å². The van der Waals surface area contributed by atoms with Crippen LogP contribution in [0.1, 0.15) is 36.1 Å². The molecule has 0 atom stereocenters. The molecule has 9 aromatic rings. The first-order valence-corrected chi connectivity index (χ1v) is 18.8. The topological polar surface area (TPSA) is 0 Å². The van der Waals surface area contributed by atoms with Crippen LogP contribution < -0.4 is 0 Å². The SMILES string of the molecule is Cc1ccccc1-c1cc(-c2c3ccccc3c(-c3ccc(-c4cccc5c4C(C)(C)c4c-5ccc5ccccc45)cc3)c3ccccc23)ccc1C. The van der Waals surface area contributed by atoms with Crippen LogP contribution in [0.4, 0.5) is 0 Å². The molecular weight excluding hydrogens is 637 g/mol. The number of hydrogen-bond acceptors (Lipinski definition) is 0. The van der Waals surface area contributed by atoms with Crippen molar-refractivity contribution in [1.29, 1.82) is 0 Å². The Kier molecular flexibility index (Phi) is 7.07. The van der Waals surface area contributed by atoms with Crippen LogP contribution in [-0.2, 0) is 5.41 Å². The number of rotatable bonds is 4. The highest BCUT2D eigenvalue weighted by Crippen LogP contribution is 2.54. The van der Waals surface area contributed by atoms with Crippen LogP contribution in [0.2, 0.25) is 0 Å². The van der Waals surface area contributed by atoms with Crippen molar-refractivity contribution >= 4 is 32.3 Å². The zero-order valence-corrected chi connectivity index (χ0v) is 30.7. The Morgan fingerprint density at radius 1 is 0.321 bits per heavy atom. The standard InChI is InChI=1S/C53H40/c1-33-14-5-7-16-39(33)48-32-38(25-24-34(48)2)50-44-20-11-9-18-42(44)49(43-19-10-12-21-45(43)50)37-28-26-36(27-29-37)41-22-13-23-46-47-31-30-35-15-6-8-17-40(35)52(47)53(3,4)51(41)46/h5-32H,1-4H3. The van der Waals surface area contributed by atoms with E-state index in [4.69, 9.17) is 0 Å². The van der Waals surface area contributed by atoms with E-state index in [-0.39, 0.29) is 5.41 Å². The fourth-order valence-corrected chi connectivity index (χ4v) is 9.49. The third kappa shape index (κ3) is 4.75. The summed E-state index contributed by atoms with van der Waals surface area (Å²) in [5.74, 6) is 0. The molecule has 10 rings (SSSR count). The van der Waals surface area contributed by atoms with Gasteiger partial charge in [-0.25, -0.2) is 0 Å². The Morgan fingerprint density at radius 3 is 1.49 bits per heavy atom. The molecular formula is C53H40. The third-order valence-corrected chi connectivity index (χ3v) is 11.9. The second kappa shape index (κ2) is 11.9. The van der Waals surface area contributed by atoms with Gasteiger partial charge in [0.25, 0.3) is 0 Å². The van der Waals surface area contributed by atoms with Crippen LogP contribution in [0, 0.1) is 13.8 Å². The van der Waals surface area contributed by atoms with E-state index in [1.54, 1.807) is 0 Å². The lowest BCUT2D eigenvalue weighted by atomic mass is 9.77. The maximum absolute atomic E-state index is 2.40. The Hall–Kier alpha value is -6.24. The summed E-state index contributed by atoms with van der Waals surface area (Å²) in [7, 11) is 0. The largest absolute Gasteiger partial charge is 0.0620 e. The minimum atomic E-state index is -0.127. The highest BCUT2D eigenvalue weighted by atomic mass is 14.4. The second-order valence-electron chi connectivity index (χ2n) is 15.3. The van der Waals surface area contributed by atoms with E-state index < -0.39 is 0 Å². The number of hydrogen-bond donors (Lipinski definition) is 0. The van der Waals surface area contributed by atoms with E-state index >= 15 is 0 Å². The molecule has 0 unspecified atom stereocenters. The maximum atomic E-state index is 2.40. The fourth-order valence-electron chi connectivity index (χ4n) is 9.49. The van der Waals surface area contributed by atoms with Gasteiger partial charge in [0.05, 0.1) is 0 Å². The maximum Gasteiger partial charge on any atom is 0.0171 e. The molecule has 1 aliphatic carbocycles. The van der Waals surface area contributed by atoms with Crippen molar-refractivity contribution in [3.8, 4) is 55.6 Å². The molecule has 0 saturated carbocycles. The van der Waals surface area contributed by atoms with Gasteiger partial charge in [-0.3, -0.25) is 0 Å². The lowest BCUT2D eigenvalue weighted by molar-refractivity contribution is 0.668. The van der Waals surface area contributed by atoms with Crippen molar-refractivity contribution in [2.75, 3.05) is 0 Å². The summed E-state index contributed by atoms with van der Waals surface area (Å²) in [6.45, 7) is 9.23. The minimum absolute atomic E-state index is 0.127. The monoisotopic (exact) mass is 676 g/mol. The summed E-state index contributed by atoms with van der Waals surface area (Å²) in [6.07, 6.45) is 0. The molecule has 0 N–H and O–H groups in total. The van der Waals surface area contributed by atoms with E-state index in [0.717, 1.165) is 0 Å². The van der Waals surface area contributed by atoms with Crippen LogP contribution in [0.15, 0.2) is 170 Å². The highest BCUT2D eigenvalue weighted by molar-refractivity contribution is 6.21. The smallest absolute Gasteiger partial charge is 0.0171 e. The zero-order valence-electron chi connectivity index (χ0n) is 30.7. The van der Waals surface area contributed by atoms with Gasteiger partial charge in [0.2, 0.25) is 0 Å². The van der Waals surface area contributed by atoms with Crippen molar-refractivity contribution in [3.63, 3.8) is 0 Å². The van der Waals surface area contributed by atoms with Gasteiger partial charge in [-0.1, -0.05) is 178 Å². The summed E-state index contributed by atoms with van der Waals surface area (Å²) >= 11 is 0. The molecule has 0 spiro atoms. The lowest BCUT2D eigenvalue weighted by Crippen LogP contribution is -2.16. The van der Waals surface area contributed by atoms with Gasteiger partial charge in [-0.05, 0) is 130 Å². The molecule has 0 aromatic heterocycles. The second-order valence-corrected chi connectivity index (χ2v) is 15.3. The summed E-state index contributed by atoms with van der Waals surface area (Å²) in [6, 6.07) is 63.4. The number of aryl methyl sites for hydroxylation is 2. The van der Waals surface area contributed by atoms with Crippen molar-refractivity contribution in [1.82, 2.24) is 0 Å². The summed E-state index contributed by atoms with van der Waals surface area (Å²) in [5, 5.41) is 7.76. The van der Waals surface area contributed by atoms with Gasteiger partial charge < -0.3 is 0 Å². The van der Waals surface area contributed by atoms with Crippen molar-refractivity contribution in [3.05, 3.63) is 192 Å². The van der Waals surface area contributed by atoms with Gasteiger partial charge in [0, 0.05) is 5.41 Å². The van der Waals surface area contributed by atoms with Gasteiger partial charge >= 0.3 is 0 Å². The van der Waals surface area contributed by atoms with Crippen LogP contribution >= 0.6 is 0 Å². The first-order valence-electron chi connectivity index (χ1n) is 18.8. The van der Waals surface area contributed by atoms with Crippen molar-refractivity contribution in [2.45, 2.75) is 33.1 Å². The van der Waals surface area contributed by atoms with E-state index in [9.17, 15) is 0 Å². The first kappa shape index (κ1) is 31.5. The zero-order chi connectivity index (χ0) is 35.8. The first-order chi connectivity index (χ1) is 25.9. The van der Waals surface area contributed by atoms with Gasteiger partial charge in [0.1, 0.15) is 0 Å². The predicted molar refractivity (Wildman–Crippen MR) is 228 cm³/mol. The number of benzene rings is 9. The molecule has 0 heterocycles. The molecule has 0 aliphatic heterocycles. The molecule has 0 saturated heterocycles. The van der Waals surface area contributed by atoms with Crippen LogP contribution in [0.5, 0.6) is 0 Å². The molecule has 0 heteroatoms. The Balaban J connectivity index is 1.13. The average molecular weight is 677 g/mol. The molecule has 0 bridgehead atoms. The Labute approximate surface area is 312 Å². The highest BCUT2D eigenvalue weighted by Gasteiger charge is 2.38. The molecule has 0 nitrogen and oxygen atoms in total. The van der Waals surface area contributed by atoms with E-state index in [1.165, 1.54) is 110 Å². The van der Waals surface area contributed by atoms with Gasteiger partial charge in [0.15, 0.2) is 0 Å². The molecule has 0 amide bonds. The van der Waals surface area contributed by atoms with E-state index in [0.29, 0.717) is 0 Å². The molecule has 1 aliphatic rings. The Bertz CT molecular complexity index is 2860. The lowest BCUT2D eigenvalue weighted by Gasteiger charge is -2.26. The third-order valence-electron chi connectivity index (χ3n) is 11.9. The molecule has 252 valence electrons. The molecule has 9 aromatic carbocycles. The summed E-state index contributed by atoms with van der Waals surface area (Å²) in [5.41, 5.74) is 18.2. The quantitative estimate of drug-likeness (QED) is 0.163. The van der Waals surface area contributed by atoms with Crippen LogP contribution in [-0.4, -0.2) is 0 Å². The van der Waals surface area contributed by atoms with Gasteiger partial charge in [-0.2, -0.15) is 0 Å².